The van der Waals surface area contributed by atoms with E-state index in [4.69, 9.17) is 5.11 Å². The molecule has 80 valence electrons. The third kappa shape index (κ3) is 6.32. The molecule has 13 heavy (non-hydrogen) atoms. The van der Waals surface area contributed by atoms with Crippen molar-refractivity contribution in [3.8, 4) is 0 Å². The fraction of sp³-hybridized carbons (Fsp3) is 1.00. The zero-order valence-electron chi connectivity index (χ0n) is 8.73. The first-order chi connectivity index (χ1) is 6.11. The highest BCUT2D eigenvalue weighted by atomic mass is 32.2. The number of nitrogens with zero attached hydrogens (tertiary/aromatic N) is 1. The zero-order valence-corrected chi connectivity index (χ0v) is 9.55. The van der Waals surface area contributed by atoms with Gasteiger partial charge in [0.05, 0.1) is 12.7 Å². The van der Waals surface area contributed by atoms with Crippen molar-refractivity contribution in [1.82, 2.24) is 4.90 Å². The summed E-state index contributed by atoms with van der Waals surface area (Å²) in [4.78, 5) is 2.08. The van der Waals surface area contributed by atoms with Gasteiger partial charge < -0.3 is 15.1 Å². The molecular formula is C9H21NO2S. The number of rotatable bonds is 7. The Morgan fingerprint density at radius 1 is 1.46 bits per heavy atom. The third-order valence-electron chi connectivity index (χ3n) is 2.20. The van der Waals surface area contributed by atoms with Crippen molar-refractivity contribution in [2.24, 2.45) is 0 Å². The van der Waals surface area contributed by atoms with Crippen LogP contribution in [0.2, 0.25) is 0 Å². The van der Waals surface area contributed by atoms with Crippen LogP contribution in [0.3, 0.4) is 0 Å². The fourth-order valence-corrected chi connectivity index (χ4v) is 1.66. The number of likely N-dealkylation sites (N-methyl/N-ethyl adjacent to an activating group) is 1. The van der Waals surface area contributed by atoms with E-state index in [-0.39, 0.29) is 6.61 Å². The maximum Gasteiger partial charge on any atom is 0.0897 e. The highest BCUT2D eigenvalue weighted by Crippen LogP contribution is 2.06. The van der Waals surface area contributed by atoms with Crippen LogP contribution in [0, 0.1) is 0 Å². The molecule has 2 N–H and O–H groups in total. The maximum absolute atomic E-state index is 9.21. The van der Waals surface area contributed by atoms with Crippen LogP contribution >= 0.6 is 11.8 Å². The van der Waals surface area contributed by atoms with E-state index in [2.05, 4.69) is 18.1 Å². The minimum Gasteiger partial charge on any atom is -0.394 e. The van der Waals surface area contributed by atoms with Crippen molar-refractivity contribution >= 4 is 11.8 Å². The molecule has 2 atom stereocenters. The van der Waals surface area contributed by atoms with Gasteiger partial charge in [0.1, 0.15) is 0 Å². The molecule has 0 aliphatic heterocycles. The van der Waals surface area contributed by atoms with E-state index in [9.17, 15) is 5.11 Å². The van der Waals surface area contributed by atoms with Crippen LogP contribution in [-0.4, -0.2) is 59.5 Å². The molecule has 2 unspecified atom stereocenters. The summed E-state index contributed by atoms with van der Waals surface area (Å²) in [5.41, 5.74) is 0. The summed E-state index contributed by atoms with van der Waals surface area (Å²) in [6.07, 6.45) is 2.60. The Morgan fingerprint density at radius 3 is 2.54 bits per heavy atom. The first-order valence-electron chi connectivity index (χ1n) is 4.60. The maximum atomic E-state index is 9.21. The predicted molar refractivity (Wildman–Crippen MR) is 58.2 cm³/mol. The lowest BCUT2D eigenvalue weighted by atomic mass is 10.2. The number of thioether (sulfide) groups is 1. The minimum absolute atomic E-state index is 0.153. The van der Waals surface area contributed by atoms with Crippen LogP contribution in [-0.2, 0) is 0 Å². The molecule has 0 aromatic heterocycles. The van der Waals surface area contributed by atoms with Gasteiger partial charge in [-0.15, -0.1) is 0 Å². The monoisotopic (exact) mass is 207 g/mol. The van der Waals surface area contributed by atoms with Gasteiger partial charge in [0, 0.05) is 12.6 Å². The van der Waals surface area contributed by atoms with Gasteiger partial charge >= 0.3 is 0 Å². The second kappa shape index (κ2) is 7.62. The average Bonchev–Trinajstić information content (AvgIpc) is 2.13. The zero-order chi connectivity index (χ0) is 10.3. The number of aliphatic hydroxyl groups is 2. The van der Waals surface area contributed by atoms with Crippen LogP contribution in [0.1, 0.15) is 13.3 Å². The summed E-state index contributed by atoms with van der Waals surface area (Å²) in [7, 11) is 1.98. The van der Waals surface area contributed by atoms with Crippen molar-refractivity contribution < 1.29 is 10.2 Å². The molecule has 0 spiro atoms. The molecule has 0 aliphatic rings. The van der Waals surface area contributed by atoms with Crippen molar-refractivity contribution in [2.45, 2.75) is 25.5 Å². The highest BCUT2D eigenvalue weighted by Gasteiger charge is 2.12. The van der Waals surface area contributed by atoms with Crippen LogP contribution < -0.4 is 0 Å². The van der Waals surface area contributed by atoms with Crippen molar-refractivity contribution in [3.63, 3.8) is 0 Å². The largest absolute Gasteiger partial charge is 0.394 e. The standard InChI is InChI=1S/C9H21NO2S/c1-8(4-5-13-3)10(2)6-9(12)7-11/h8-9,11-12H,4-7H2,1-3H3. The topological polar surface area (TPSA) is 43.7 Å². The molecule has 0 aromatic rings. The molecule has 0 aromatic carbocycles. The molecule has 0 saturated carbocycles. The third-order valence-corrected chi connectivity index (χ3v) is 2.85. The van der Waals surface area contributed by atoms with E-state index in [1.54, 1.807) is 0 Å². The molecule has 4 heteroatoms. The van der Waals surface area contributed by atoms with Gasteiger partial charge in [-0.05, 0) is 32.4 Å². The summed E-state index contributed by atoms with van der Waals surface area (Å²) < 4.78 is 0. The first kappa shape index (κ1) is 13.2. The Hall–Kier alpha value is 0.230. The fourth-order valence-electron chi connectivity index (χ4n) is 1.08. The summed E-state index contributed by atoms with van der Waals surface area (Å²) in [6, 6.07) is 0.466. The van der Waals surface area contributed by atoms with E-state index >= 15 is 0 Å². The smallest absolute Gasteiger partial charge is 0.0897 e. The molecule has 0 amide bonds. The van der Waals surface area contributed by atoms with E-state index in [1.807, 2.05) is 18.8 Å². The Bertz CT molecular complexity index is 124. The SMILES string of the molecule is CSCCC(C)N(C)CC(O)CO. The van der Waals surface area contributed by atoms with Crippen LogP contribution in [0.5, 0.6) is 0 Å². The van der Waals surface area contributed by atoms with Gasteiger partial charge in [-0.1, -0.05) is 0 Å². The predicted octanol–water partition coefficient (Wildman–Crippen LogP) is 0.413. The Balaban J connectivity index is 3.61. The Labute approximate surface area is 85.1 Å². The van der Waals surface area contributed by atoms with Crippen LogP contribution in [0.4, 0.5) is 0 Å². The van der Waals surface area contributed by atoms with Crippen LogP contribution in [0.15, 0.2) is 0 Å². The average molecular weight is 207 g/mol. The lowest BCUT2D eigenvalue weighted by Crippen LogP contribution is -2.37. The van der Waals surface area contributed by atoms with E-state index in [0.29, 0.717) is 12.6 Å². The van der Waals surface area contributed by atoms with Crippen molar-refractivity contribution in [1.29, 1.82) is 0 Å². The summed E-state index contributed by atoms with van der Waals surface area (Å²) in [5, 5.41) is 17.9. The minimum atomic E-state index is -0.610. The van der Waals surface area contributed by atoms with Gasteiger partial charge in [-0.2, -0.15) is 11.8 Å². The van der Waals surface area contributed by atoms with E-state index < -0.39 is 6.10 Å². The van der Waals surface area contributed by atoms with E-state index in [0.717, 1.165) is 12.2 Å². The second-order valence-electron chi connectivity index (χ2n) is 3.41. The van der Waals surface area contributed by atoms with E-state index in [1.165, 1.54) is 0 Å². The van der Waals surface area contributed by atoms with Gasteiger partial charge in [-0.25, -0.2) is 0 Å². The number of hydrogen-bond acceptors (Lipinski definition) is 4. The van der Waals surface area contributed by atoms with Crippen molar-refractivity contribution in [3.05, 3.63) is 0 Å². The molecule has 0 heterocycles. The molecule has 0 rings (SSSR count). The number of hydrogen-bond donors (Lipinski definition) is 2. The molecular weight excluding hydrogens is 186 g/mol. The molecule has 3 nitrogen and oxygen atoms in total. The molecule has 0 aliphatic carbocycles. The molecule has 0 radical (unpaired) electrons. The normalized spacial score (nSPS) is 16.2. The molecule has 0 saturated heterocycles. The lowest BCUT2D eigenvalue weighted by Gasteiger charge is -2.26. The summed E-state index contributed by atoms with van der Waals surface area (Å²) in [5.74, 6) is 1.14. The summed E-state index contributed by atoms with van der Waals surface area (Å²) >= 11 is 1.83. The molecule has 0 bridgehead atoms. The lowest BCUT2D eigenvalue weighted by molar-refractivity contribution is 0.0564. The Morgan fingerprint density at radius 2 is 2.08 bits per heavy atom. The first-order valence-corrected chi connectivity index (χ1v) is 5.99. The van der Waals surface area contributed by atoms with Crippen LogP contribution in [0.25, 0.3) is 0 Å². The second-order valence-corrected chi connectivity index (χ2v) is 4.39. The molecule has 0 fully saturated rings. The van der Waals surface area contributed by atoms with Crippen molar-refractivity contribution in [2.75, 3.05) is 32.2 Å². The van der Waals surface area contributed by atoms with Gasteiger partial charge in [0.15, 0.2) is 0 Å². The number of aliphatic hydroxyl groups excluding tert-OH is 2. The van der Waals surface area contributed by atoms with Gasteiger partial charge in [-0.3, -0.25) is 0 Å². The quantitative estimate of drug-likeness (QED) is 0.635. The van der Waals surface area contributed by atoms with Gasteiger partial charge in [0.2, 0.25) is 0 Å². The highest BCUT2D eigenvalue weighted by molar-refractivity contribution is 7.98. The Kier molecular flexibility index (Phi) is 7.75. The summed E-state index contributed by atoms with van der Waals surface area (Å²) in [6.45, 7) is 2.53. The van der Waals surface area contributed by atoms with Gasteiger partial charge in [0.25, 0.3) is 0 Å².